The molecule has 1 aromatic heterocycles. The number of imidazole rings is 1. The molecule has 6 heteroatoms. The molecular formula is C19H23N3O3. The van der Waals surface area contributed by atoms with E-state index in [0.717, 1.165) is 30.5 Å². The molecule has 3 rings (SSSR count). The Balaban J connectivity index is 2.09. The number of aryl methyl sites for hydroxylation is 1. The number of rotatable bonds is 7. The maximum absolute atomic E-state index is 11.0. The summed E-state index contributed by atoms with van der Waals surface area (Å²) in [6.45, 7) is 2.57. The van der Waals surface area contributed by atoms with Gasteiger partial charge in [-0.15, -0.1) is 0 Å². The van der Waals surface area contributed by atoms with E-state index < -0.39 is 11.8 Å². The van der Waals surface area contributed by atoms with Gasteiger partial charge in [0.1, 0.15) is 11.3 Å². The lowest BCUT2D eigenvalue weighted by atomic mass is 9.85. The minimum Gasteiger partial charge on any atom is -0.496 e. The lowest BCUT2D eigenvalue weighted by Gasteiger charge is -2.37. The highest BCUT2D eigenvalue weighted by molar-refractivity contribution is 5.48. The minimum atomic E-state index is -1.03. The summed E-state index contributed by atoms with van der Waals surface area (Å²) in [5, 5.41) is 20.2. The van der Waals surface area contributed by atoms with Crippen molar-refractivity contribution in [3.63, 3.8) is 0 Å². The molecule has 1 aliphatic rings. The first kappa shape index (κ1) is 17.5. The zero-order chi connectivity index (χ0) is 17.9. The van der Waals surface area contributed by atoms with Crippen LogP contribution in [0.5, 0.6) is 5.75 Å². The van der Waals surface area contributed by atoms with Crippen LogP contribution < -0.4 is 4.74 Å². The summed E-state index contributed by atoms with van der Waals surface area (Å²) in [5.41, 5.74) is 1.55. The zero-order valence-electron chi connectivity index (χ0n) is 14.6. The van der Waals surface area contributed by atoms with Crippen LogP contribution in [0.3, 0.4) is 0 Å². The second-order valence-corrected chi connectivity index (χ2v) is 6.28. The van der Waals surface area contributed by atoms with Gasteiger partial charge in [-0.1, -0.05) is 19.4 Å². The van der Waals surface area contributed by atoms with Crippen molar-refractivity contribution < 1.29 is 14.6 Å². The average molecular weight is 341 g/mol. The fourth-order valence-electron chi connectivity index (χ4n) is 3.54. The number of hydrogen-bond donors (Lipinski definition) is 1. The molecule has 25 heavy (non-hydrogen) atoms. The third-order valence-corrected chi connectivity index (χ3v) is 4.89. The van der Waals surface area contributed by atoms with Crippen molar-refractivity contribution in [1.82, 2.24) is 9.55 Å². The number of nitriles is 1. The van der Waals surface area contributed by atoms with Crippen molar-refractivity contribution in [2.45, 2.75) is 44.4 Å². The smallest absolute Gasteiger partial charge is 0.182 e. The van der Waals surface area contributed by atoms with Crippen LogP contribution >= 0.6 is 0 Å². The Bertz CT molecular complexity index is 780. The fourth-order valence-corrected chi connectivity index (χ4v) is 3.54. The Hall–Kier alpha value is -2.36. The molecule has 0 fully saturated rings. The van der Waals surface area contributed by atoms with Crippen LogP contribution in [0.25, 0.3) is 0 Å². The fraction of sp³-hybridized carbons (Fsp3) is 0.474. The lowest BCUT2D eigenvalue weighted by Crippen LogP contribution is -2.45. The summed E-state index contributed by atoms with van der Waals surface area (Å²) in [4.78, 5) is 4.24. The van der Waals surface area contributed by atoms with Crippen LogP contribution in [0.1, 0.15) is 43.0 Å². The minimum absolute atomic E-state index is 0.488. The molecule has 0 spiro atoms. The van der Waals surface area contributed by atoms with E-state index in [0.29, 0.717) is 24.3 Å². The number of benzene rings is 1. The van der Waals surface area contributed by atoms with Crippen LogP contribution in [0.2, 0.25) is 0 Å². The number of ether oxygens (including phenoxy) is 2. The van der Waals surface area contributed by atoms with Gasteiger partial charge in [-0.25, -0.2) is 4.98 Å². The van der Waals surface area contributed by atoms with Gasteiger partial charge in [0, 0.05) is 24.1 Å². The van der Waals surface area contributed by atoms with Gasteiger partial charge in [0.15, 0.2) is 6.29 Å². The number of aromatic nitrogens is 2. The van der Waals surface area contributed by atoms with Gasteiger partial charge in [-0.05, 0) is 31.4 Å². The average Bonchev–Trinajstić information content (AvgIpc) is 3.24. The van der Waals surface area contributed by atoms with Gasteiger partial charge in [-0.3, -0.25) is 0 Å². The molecule has 1 aromatic carbocycles. The SMILES string of the molecule is CCCCOC(O)C1(c2ccc(C#N)cc2OC)CCc2cncn21. The molecule has 2 heterocycles. The predicted octanol–water partition coefficient (Wildman–Crippen LogP) is 2.59. The molecule has 1 N–H and O–H groups in total. The normalized spacial score (nSPS) is 20.1. The molecule has 0 amide bonds. The van der Waals surface area contributed by atoms with Crippen LogP contribution in [0.4, 0.5) is 0 Å². The summed E-state index contributed by atoms with van der Waals surface area (Å²) >= 11 is 0. The van der Waals surface area contributed by atoms with Crippen LogP contribution in [-0.2, 0) is 16.7 Å². The molecule has 1 aliphatic heterocycles. The number of fused-ring (bicyclic) bond motifs is 1. The largest absolute Gasteiger partial charge is 0.496 e. The number of nitrogens with zero attached hydrogens (tertiary/aromatic N) is 3. The monoisotopic (exact) mass is 341 g/mol. The molecule has 0 radical (unpaired) electrons. The van der Waals surface area contributed by atoms with Crippen molar-refractivity contribution in [2.75, 3.05) is 13.7 Å². The van der Waals surface area contributed by atoms with E-state index in [1.54, 1.807) is 25.6 Å². The maximum Gasteiger partial charge on any atom is 0.182 e. The number of hydrogen-bond acceptors (Lipinski definition) is 5. The quantitative estimate of drug-likeness (QED) is 0.618. The van der Waals surface area contributed by atoms with E-state index in [2.05, 4.69) is 18.0 Å². The topological polar surface area (TPSA) is 80.3 Å². The third-order valence-electron chi connectivity index (χ3n) is 4.89. The lowest BCUT2D eigenvalue weighted by molar-refractivity contribution is -0.154. The highest BCUT2D eigenvalue weighted by atomic mass is 16.6. The van der Waals surface area contributed by atoms with E-state index >= 15 is 0 Å². The van der Waals surface area contributed by atoms with Crippen molar-refractivity contribution >= 4 is 0 Å². The van der Waals surface area contributed by atoms with Crippen molar-refractivity contribution in [2.24, 2.45) is 0 Å². The van der Waals surface area contributed by atoms with E-state index in [-0.39, 0.29) is 0 Å². The summed E-state index contributed by atoms with van der Waals surface area (Å²) < 4.78 is 13.3. The Kier molecular flexibility index (Phi) is 5.07. The summed E-state index contributed by atoms with van der Waals surface area (Å²) in [6.07, 6.45) is 5.86. The number of aliphatic hydroxyl groups excluding tert-OH is 1. The predicted molar refractivity (Wildman–Crippen MR) is 92.2 cm³/mol. The summed E-state index contributed by atoms with van der Waals surface area (Å²) in [6, 6.07) is 7.41. The van der Waals surface area contributed by atoms with Gasteiger partial charge in [0.25, 0.3) is 0 Å². The van der Waals surface area contributed by atoms with Gasteiger partial charge < -0.3 is 19.1 Å². The highest BCUT2D eigenvalue weighted by Gasteiger charge is 2.48. The van der Waals surface area contributed by atoms with Crippen LogP contribution in [0, 0.1) is 11.3 Å². The Labute approximate surface area is 147 Å². The molecule has 0 saturated heterocycles. The first-order valence-electron chi connectivity index (χ1n) is 8.57. The molecule has 2 atom stereocenters. The summed E-state index contributed by atoms with van der Waals surface area (Å²) in [7, 11) is 1.57. The van der Waals surface area contributed by atoms with E-state index in [1.165, 1.54) is 0 Å². The van der Waals surface area contributed by atoms with Crippen molar-refractivity contribution in [3.8, 4) is 11.8 Å². The highest BCUT2D eigenvalue weighted by Crippen LogP contribution is 2.45. The number of aliphatic hydroxyl groups is 1. The number of unbranched alkanes of at least 4 members (excludes halogenated alkanes) is 1. The molecule has 2 unspecified atom stereocenters. The Morgan fingerprint density at radius 1 is 1.48 bits per heavy atom. The molecule has 6 nitrogen and oxygen atoms in total. The van der Waals surface area contributed by atoms with Crippen molar-refractivity contribution in [1.29, 1.82) is 5.26 Å². The zero-order valence-corrected chi connectivity index (χ0v) is 14.6. The van der Waals surface area contributed by atoms with E-state index in [1.807, 2.05) is 16.8 Å². The Morgan fingerprint density at radius 3 is 3.04 bits per heavy atom. The van der Waals surface area contributed by atoms with Gasteiger partial charge in [0.2, 0.25) is 0 Å². The molecule has 0 aliphatic carbocycles. The third kappa shape index (κ3) is 2.90. The second-order valence-electron chi connectivity index (χ2n) is 6.28. The van der Waals surface area contributed by atoms with Crippen LogP contribution in [-0.4, -0.2) is 34.7 Å². The molecule has 132 valence electrons. The van der Waals surface area contributed by atoms with E-state index in [9.17, 15) is 5.11 Å². The maximum atomic E-state index is 11.0. The molecule has 0 bridgehead atoms. The first-order chi connectivity index (χ1) is 12.2. The molecule has 0 saturated carbocycles. The summed E-state index contributed by atoms with van der Waals surface area (Å²) in [5.74, 6) is 0.568. The van der Waals surface area contributed by atoms with Gasteiger partial charge in [-0.2, -0.15) is 5.26 Å². The molecule has 2 aromatic rings. The molecular weight excluding hydrogens is 318 g/mol. The van der Waals surface area contributed by atoms with Gasteiger partial charge in [0.05, 0.1) is 25.1 Å². The second kappa shape index (κ2) is 7.26. The van der Waals surface area contributed by atoms with Crippen LogP contribution in [0.15, 0.2) is 30.7 Å². The number of methoxy groups -OCH3 is 1. The van der Waals surface area contributed by atoms with Crippen molar-refractivity contribution in [3.05, 3.63) is 47.5 Å². The van der Waals surface area contributed by atoms with Gasteiger partial charge >= 0.3 is 0 Å². The first-order valence-corrected chi connectivity index (χ1v) is 8.57. The standard InChI is InChI=1S/C19H23N3O3/c1-3-4-9-25-18(23)19(8-7-15-12-21-13-22(15)19)16-6-5-14(11-20)10-17(16)24-2/h5-6,10,12-13,18,23H,3-4,7-9H2,1-2H3. The Morgan fingerprint density at radius 2 is 2.32 bits per heavy atom. The van der Waals surface area contributed by atoms with E-state index in [4.69, 9.17) is 14.7 Å².